The van der Waals surface area contributed by atoms with Crippen molar-refractivity contribution in [3.63, 3.8) is 0 Å². The van der Waals surface area contributed by atoms with Crippen molar-refractivity contribution in [3.05, 3.63) is 60.2 Å². The van der Waals surface area contributed by atoms with Crippen LogP contribution in [-0.2, 0) is 21.4 Å². The lowest BCUT2D eigenvalue weighted by molar-refractivity contribution is -0.126. The van der Waals surface area contributed by atoms with E-state index in [4.69, 9.17) is 4.74 Å². The molecular weight excluding hydrogens is 376 g/mol. The quantitative estimate of drug-likeness (QED) is 0.773. The summed E-state index contributed by atoms with van der Waals surface area (Å²) in [5.74, 6) is 0.309. The van der Waals surface area contributed by atoms with Gasteiger partial charge in [-0.25, -0.2) is 8.42 Å². The van der Waals surface area contributed by atoms with E-state index in [2.05, 4.69) is 5.32 Å². The topological polar surface area (TPSA) is 75.7 Å². The Labute approximate surface area is 166 Å². The first kappa shape index (κ1) is 20.4. The normalized spacial score (nSPS) is 17.8. The van der Waals surface area contributed by atoms with Crippen molar-refractivity contribution in [3.8, 4) is 5.75 Å². The molecule has 0 aliphatic carbocycles. The smallest absolute Gasteiger partial charge is 0.243 e. The number of nitrogens with one attached hydrogen (secondary N) is 1. The highest BCUT2D eigenvalue weighted by atomic mass is 32.2. The van der Waals surface area contributed by atoms with Gasteiger partial charge in [-0.3, -0.25) is 4.79 Å². The fourth-order valence-electron chi connectivity index (χ4n) is 3.36. The summed E-state index contributed by atoms with van der Waals surface area (Å²) in [6.07, 6.45) is 1.36. The Morgan fingerprint density at radius 2 is 1.96 bits per heavy atom. The Hall–Kier alpha value is -2.38. The molecule has 0 bridgehead atoms. The first-order chi connectivity index (χ1) is 13.5. The highest BCUT2D eigenvalue weighted by molar-refractivity contribution is 7.89. The predicted molar refractivity (Wildman–Crippen MR) is 107 cm³/mol. The zero-order chi connectivity index (χ0) is 20.0. The van der Waals surface area contributed by atoms with Gasteiger partial charge in [0.1, 0.15) is 5.75 Å². The van der Waals surface area contributed by atoms with E-state index in [-0.39, 0.29) is 23.3 Å². The monoisotopic (exact) mass is 402 g/mol. The molecule has 0 aromatic heterocycles. The van der Waals surface area contributed by atoms with E-state index in [1.807, 2.05) is 31.2 Å². The standard InChI is InChI=1S/C21H26N2O4S/c1-2-27-19-10-6-8-17(14-19)15-22-21(24)18-9-7-13-23(16-18)28(25,26)20-11-4-3-5-12-20/h3-6,8,10-12,14,18H,2,7,9,13,15-16H2,1H3,(H,22,24). The lowest BCUT2D eigenvalue weighted by atomic mass is 9.99. The number of nitrogens with zero attached hydrogens (tertiary/aromatic N) is 1. The van der Waals surface area contributed by atoms with Crippen LogP contribution in [0.25, 0.3) is 0 Å². The molecule has 1 N–H and O–H groups in total. The first-order valence-electron chi connectivity index (χ1n) is 9.55. The summed E-state index contributed by atoms with van der Waals surface area (Å²) in [6, 6.07) is 16.0. The third kappa shape index (κ3) is 4.91. The van der Waals surface area contributed by atoms with Crippen molar-refractivity contribution in [2.75, 3.05) is 19.7 Å². The van der Waals surface area contributed by atoms with Crippen LogP contribution in [0.4, 0.5) is 0 Å². The number of hydrogen-bond acceptors (Lipinski definition) is 4. The highest BCUT2D eigenvalue weighted by Gasteiger charge is 2.33. The van der Waals surface area contributed by atoms with Crippen LogP contribution in [0.1, 0.15) is 25.3 Å². The van der Waals surface area contributed by atoms with Crippen LogP contribution >= 0.6 is 0 Å². The highest BCUT2D eigenvalue weighted by Crippen LogP contribution is 2.24. The van der Waals surface area contributed by atoms with Gasteiger partial charge in [0.15, 0.2) is 0 Å². The zero-order valence-electron chi connectivity index (χ0n) is 16.0. The van der Waals surface area contributed by atoms with Crippen molar-refractivity contribution in [2.24, 2.45) is 5.92 Å². The minimum absolute atomic E-state index is 0.116. The third-order valence-electron chi connectivity index (χ3n) is 4.81. The first-order valence-corrected chi connectivity index (χ1v) is 11.0. The molecule has 3 rings (SSSR count). The van der Waals surface area contributed by atoms with E-state index < -0.39 is 10.0 Å². The fourth-order valence-corrected chi connectivity index (χ4v) is 4.91. The third-order valence-corrected chi connectivity index (χ3v) is 6.69. The maximum Gasteiger partial charge on any atom is 0.243 e. The molecule has 7 heteroatoms. The second-order valence-corrected chi connectivity index (χ2v) is 8.75. The summed E-state index contributed by atoms with van der Waals surface area (Å²) >= 11 is 0. The van der Waals surface area contributed by atoms with Crippen molar-refractivity contribution < 1.29 is 17.9 Å². The van der Waals surface area contributed by atoms with Gasteiger partial charge in [0.25, 0.3) is 0 Å². The molecule has 0 radical (unpaired) electrons. The Morgan fingerprint density at radius 3 is 2.71 bits per heavy atom. The number of carbonyl (C=O) groups excluding carboxylic acids is 1. The van der Waals surface area contributed by atoms with Crippen molar-refractivity contribution in [1.82, 2.24) is 9.62 Å². The van der Waals surface area contributed by atoms with E-state index in [1.165, 1.54) is 4.31 Å². The molecule has 1 aliphatic heterocycles. The summed E-state index contributed by atoms with van der Waals surface area (Å²) < 4.78 is 32.5. The van der Waals surface area contributed by atoms with Crippen LogP contribution in [0.3, 0.4) is 0 Å². The Bertz CT molecular complexity index is 900. The molecule has 2 aromatic carbocycles. The van der Waals surface area contributed by atoms with Crippen molar-refractivity contribution in [1.29, 1.82) is 0 Å². The predicted octanol–water partition coefficient (Wildman–Crippen LogP) is 2.80. The van der Waals surface area contributed by atoms with E-state index >= 15 is 0 Å². The number of carbonyl (C=O) groups is 1. The van der Waals surface area contributed by atoms with Crippen molar-refractivity contribution >= 4 is 15.9 Å². The molecule has 0 saturated carbocycles. The van der Waals surface area contributed by atoms with Crippen LogP contribution in [0.2, 0.25) is 0 Å². The van der Waals surface area contributed by atoms with Gasteiger partial charge in [0.2, 0.25) is 15.9 Å². The molecule has 1 unspecified atom stereocenters. The summed E-state index contributed by atoms with van der Waals surface area (Å²) in [5, 5.41) is 2.93. The Kier molecular flexibility index (Phi) is 6.70. The van der Waals surface area contributed by atoms with Gasteiger partial charge in [-0.1, -0.05) is 30.3 Å². The molecular formula is C21H26N2O4S. The molecule has 1 amide bonds. The van der Waals surface area contributed by atoms with E-state index in [9.17, 15) is 13.2 Å². The van der Waals surface area contributed by atoms with Gasteiger partial charge in [-0.15, -0.1) is 0 Å². The largest absolute Gasteiger partial charge is 0.494 e. The molecule has 1 fully saturated rings. The maximum atomic E-state index is 12.8. The summed E-state index contributed by atoms with van der Waals surface area (Å²) in [7, 11) is -3.57. The van der Waals surface area contributed by atoms with Crippen LogP contribution < -0.4 is 10.1 Å². The number of ether oxygens (including phenoxy) is 1. The van der Waals surface area contributed by atoms with Crippen molar-refractivity contribution in [2.45, 2.75) is 31.2 Å². The Balaban J connectivity index is 1.61. The molecule has 1 saturated heterocycles. The SMILES string of the molecule is CCOc1cccc(CNC(=O)C2CCCN(S(=O)(=O)c3ccccc3)C2)c1. The zero-order valence-corrected chi connectivity index (χ0v) is 16.8. The molecule has 0 spiro atoms. The lowest BCUT2D eigenvalue weighted by Gasteiger charge is -2.31. The van der Waals surface area contributed by atoms with Gasteiger partial charge in [-0.05, 0) is 49.6 Å². The minimum Gasteiger partial charge on any atom is -0.494 e. The fraction of sp³-hybridized carbons (Fsp3) is 0.381. The van der Waals surface area contributed by atoms with Crippen LogP contribution in [0, 0.1) is 5.92 Å². The summed E-state index contributed by atoms with van der Waals surface area (Å²) in [5.41, 5.74) is 0.948. The molecule has 1 heterocycles. The van der Waals surface area contributed by atoms with Gasteiger partial charge in [-0.2, -0.15) is 4.31 Å². The molecule has 2 aromatic rings. The van der Waals surface area contributed by atoms with Gasteiger partial charge < -0.3 is 10.1 Å². The molecule has 6 nitrogen and oxygen atoms in total. The average molecular weight is 403 g/mol. The molecule has 150 valence electrons. The maximum absolute atomic E-state index is 12.8. The number of piperidine rings is 1. The number of sulfonamides is 1. The summed E-state index contributed by atoms with van der Waals surface area (Å²) in [6.45, 7) is 3.55. The number of rotatable bonds is 7. The molecule has 1 atom stereocenters. The average Bonchev–Trinajstić information content (AvgIpc) is 2.73. The Morgan fingerprint density at radius 1 is 1.18 bits per heavy atom. The van der Waals surface area contributed by atoms with Gasteiger partial charge in [0, 0.05) is 19.6 Å². The second-order valence-electron chi connectivity index (χ2n) is 6.81. The van der Waals surface area contributed by atoms with Gasteiger partial charge >= 0.3 is 0 Å². The second kappa shape index (κ2) is 9.21. The number of hydrogen-bond donors (Lipinski definition) is 1. The van der Waals surface area contributed by atoms with Gasteiger partial charge in [0.05, 0.1) is 17.4 Å². The van der Waals surface area contributed by atoms with E-state index in [0.29, 0.717) is 32.5 Å². The minimum atomic E-state index is -3.57. The molecule has 1 aliphatic rings. The molecule has 28 heavy (non-hydrogen) atoms. The lowest BCUT2D eigenvalue weighted by Crippen LogP contribution is -2.45. The van der Waals surface area contributed by atoms with E-state index in [1.54, 1.807) is 30.3 Å². The van der Waals surface area contributed by atoms with Crippen LogP contribution in [0.15, 0.2) is 59.5 Å². The van der Waals surface area contributed by atoms with E-state index in [0.717, 1.165) is 11.3 Å². The summed E-state index contributed by atoms with van der Waals surface area (Å²) in [4.78, 5) is 12.9. The number of benzene rings is 2. The van der Waals surface area contributed by atoms with Crippen LogP contribution in [0.5, 0.6) is 5.75 Å². The number of amides is 1. The van der Waals surface area contributed by atoms with Crippen LogP contribution in [-0.4, -0.2) is 38.3 Å².